The predicted molar refractivity (Wildman–Crippen MR) is 119 cm³/mol. The quantitative estimate of drug-likeness (QED) is 0.288. The molecule has 0 radical (unpaired) electrons. The van der Waals surface area contributed by atoms with E-state index in [0.717, 1.165) is 5.56 Å². The van der Waals surface area contributed by atoms with Crippen LogP contribution in [0.3, 0.4) is 0 Å². The molecule has 0 aliphatic heterocycles. The van der Waals surface area contributed by atoms with Crippen LogP contribution in [0.15, 0.2) is 59.5 Å². The highest BCUT2D eigenvalue weighted by Crippen LogP contribution is 2.43. The molecule has 170 valence electrons. The maximum Gasteiger partial charge on any atom is 0.364 e. The topological polar surface area (TPSA) is 172 Å². The van der Waals surface area contributed by atoms with Gasteiger partial charge in [-0.15, -0.1) is 0 Å². The minimum atomic E-state index is -5.16. The summed E-state index contributed by atoms with van der Waals surface area (Å²) >= 11 is 0. The van der Waals surface area contributed by atoms with E-state index in [1.165, 1.54) is 48.5 Å². The number of carbonyl (C=O) groups is 2. The van der Waals surface area contributed by atoms with Gasteiger partial charge in [-0.2, -0.15) is 16.8 Å². The lowest BCUT2D eigenvalue weighted by atomic mass is 9.82. The van der Waals surface area contributed by atoms with E-state index in [-0.39, 0.29) is 16.8 Å². The Hall–Kier alpha value is -3.58. The summed E-state index contributed by atoms with van der Waals surface area (Å²) in [5.74, 6) is -1.66. The Kier molecular flexibility index (Phi) is 5.13. The number of benzene rings is 3. The van der Waals surface area contributed by atoms with E-state index < -0.39 is 59.4 Å². The lowest BCUT2D eigenvalue weighted by Gasteiger charge is -2.28. The zero-order chi connectivity index (χ0) is 24.3. The van der Waals surface area contributed by atoms with E-state index in [0.29, 0.717) is 10.4 Å². The SMILES string of the molecule is Cc1ccc(N(c2cc(S(=O)(=O)O)c(N)c3c2C(=O)c2ccccc2C3=O)S(=O)(=O)O)cc1. The van der Waals surface area contributed by atoms with Crippen LogP contribution in [-0.2, 0) is 20.4 Å². The molecule has 0 saturated heterocycles. The van der Waals surface area contributed by atoms with Crippen LogP contribution < -0.4 is 10.0 Å². The second-order valence-electron chi connectivity index (χ2n) is 7.31. The first-order chi connectivity index (χ1) is 15.3. The molecule has 12 heteroatoms. The van der Waals surface area contributed by atoms with Gasteiger partial charge in [0, 0.05) is 11.1 Å². The standard InChI is InChI=1S/C21H16N2O8S2/c1-11-6-8-12(9-7-11)23(33(29,30)31)15-10-16(32(26,27)28)19(22)18-17(15)20(24)13-4-2-3-5-14(13)21(18)25/h2-10H,22H2,1H3,(H,26,27,28)(H,29,30,31). The number of nitrogens with zero attached hydrogens (tertiary/aromatic N) is 1. The molecule has 0 aromatic heterocycles. The van der Waals surface area contributed by atoms with Crippen LogP contribution in [0.4, 0.5) is 17.1 Å². The van der Waals surface area contributed by atoms with Crippen molar-refractivity contribution in [2.45, 2.75) is 11.8 Å². The number of hydrogen-bond donors (Lipinski definition) is 3. The Labute approximate surface area is 188 Å². The van der Waals surface area contributed by atoms with E-state index in [1.807, 2.05) is 0 Å². The van der Waals surface area contributed by atoms with Crippen LogP contribution in [0.5, 0.6) is 0 Å². The summed E-state index contributed by atoms with van der Waals surface area (Å²) in [6.07, 6.45) is 0. The lowest BCUT2D eigenvalue weighted by Crippen LogP contribution is -2.31. The van der Waals surface area contributed by atoms with Crippen molar-refractivity contribution < 1.29 is 35.5 Å². The fourth-order valence-corrected chi connectivity index (χ4v) is 5.15. The van der Waals surface area contributed by atoms with Crippen molar-refractivity contribution in [2.75, 3.05) is 10.0 Å². The summed E-state index contributed by atoms with van der Waals surface area (Å²) in [5, 5.41) is 0. The Morgan fingerprint density at radius 3 is 1.82 bits per heavy atom. The number of nitrogen functional groups attached to an aromatic ring is 1. The second kappa shape index (κ2) is 7.49. The van der Waals surface area contributed by atoms with Gasteiger partial charge in [0.05, 0.1) is 28.2 Å². The molecule has 0 saturated carbocycles. The summed E-state index contributed by atoms with van der Waals surface area (Å²) in [6.45, 7) is 1.72. The number of anilines is 3. The minimum absolute atomic E-state index is 0.0607. The van der Waals surface area contributed by atoms with Gasteiger partial charge in [-0.3, -0.25) is 18.7 Å². The van der Waals surface area contributed by atoms with Gasteiger partial charge < -0.3 is 5.73 Å². The molecular formula is C21H16N2O8S2. The number of fused-ring (bicyclic) bond motifs is 2. The zero-order valence-corrected chi connectivity index (χ0v) is 18.5. The van der Waals surface area contributed by atoms with Crippen LogP contribution in [0, 0.1) is 6.92 Å². The van der Waals surface area contributed by atoms with Crippen LogP contribution in [0.2, 0.25) is 0 Å². The van der Waals surface area contributed by atoms with Gasteiger partial charge in [-0.1, -0.05) is 42.0 Å². The number of carbonyl (C=O) groups excluding carboxylic acids is 2. The van der Waals surface area contributed by atoms with Crippen molar-refractivity contribution in [3.05, 3.63) is 82.4 Å². The zero-order valence-electron chi connectivity index (χ0n) is 16.9. The van der Waals surface area contributed by atoms with Crippen molar-refractivity contribution in [3.63, 3.8) is 0 Å². The Bertz CT molecular complexity index is 1560. The maximum atomic E-state index is 13.4. The molecule has 0 heterocycles. The Morgan fingerprint density at radius 1 is 0.818 bits per heavy atom. The highest BCUT2D eigenvalue weighted by atomic mass is 32.2. The fourth-order valence-electron chi connectivity index (χ4n) is 3.72. The van der Waals surface area contributed by atoms with E-state index in [9.17, 15) is 35.5 Å². The molecule has 1 aliphatic carbocycles. The van der Waals surface area contributed by atoms with Gasteiger partial charge >= 0.3 is 10.3 Å². The number of nitrogens with two attached hydrogens (primary N) is 1. The van der Waals surface area contributed by atoms with Crippen LogP contribution in [-0.4, -0.2) is 37.5 Å². The van der Waals surface area contributed by atoms with Crippen molar-refractivity contribution >= 4 is 49.1 Å². The van der Waals surface area contributed by atoms with Crippen LogP contribution in [0.25, 0.3) is 0 Å². The van der Waals surface area contributed by atoms with Gasteiger partial charge in [-0.25, -0.2) is 4.31 Å². The number of hydrogen-bond acceptors (Lipinski definition) is 7. The van der Waals surface area contributed by atoms with E-state index >= 15 is 0 Å². The molecule has 3 aromatic carbocycles. The lowest BCUT2D eigenvalue weighted by molar-refractivity contribution is 0.0980. The van der Waals surface area contributed by atoms with Gasteiger partial charge in [0.1, 0.15) is 4.90 Å². The molecule has 33 heavy (non-hydrogen) atoms. The number of aryl methyl sites for hydroxylation is 1. The summed E-state index contributed by atoms with van der Waals surface area (Å²) < 4.78 is 68.9. The van der Waals surface area contributed by atoms with Gasteiger partial charge in [0.25, 0.3) is 10.1 Å². The third-order valence-electron chi connectivity index (χ3n) is 5.18. The van der Waals surface area contributed by atoms with Crippen molar-refractivity contribution in [2.24, 2.45) is 0 Å². The molecular weight excluding hydrogens is 472 g/mol. The molecule has 0 spiro atoms. The predicted octanol–water partition coefficient (Wildman–Crippen LogP) is 2.54. The fraction of sp³-hybridized carbons (Fsp3) is 0.0476. The molecule has 0 atom stereocenters. The minimum Gasteiger partial charge on any atom is -0.397 e. The second-order valence-corrected chi connectivity index (χ2v) is 9.96. The summed E-state index contributed by atoms with van der Waals surface area (Å²) in [4.78, 5) is 25.6. The first kappa shape index (κ1) is 22.6. The maximum absolute atomic E-state index is 13.4. The Morgan fingerprint density at radius 2 is 1.33 bits per heavy atom. The average molecular weight is 488 g/mol. The molecule has 3 aromatic rings. The molecule has 0 amide bonds. The average Bonchev–Trinajstić information content (AvgIpc) is 2.72. The third-order valence-corrected chi connectivity index (χ3v) is 6.94. The molecule has 4 N–H and O–H groups in total. The van der Waals surface area contributed by atoms with E-state index in [1.54, 1.807) is 6.92 Å². The van der Waals surface area contributed by atoms with Gasteiger partial charge in [0.15, 0.2) is 11.6 Å². The molecule has 10 nitrogen and oxygen atoms in total. The summed E-state index contributed by atoms with van der Waals surface area (Å²) in [7, 11) is -10.2. The molecule has 0 bridgehead atoms. The van der Waals surface area contributed by atoms with Crippen LogP contribution >= 0.6 is 0 Å². The number of ketones is 2. The van der Waals surface area contributed by atoms with Crippen molar-refractivity contribution in [1.29, 1.82) is 0 Å². The van der Waals surface area contributed by atoms with E-state index in [4.69, 9.17) is 5.73 Å². The first-order valence-corrected chi connectivity index (χ1v) is 12.1. The summed E-state index contributed by atoms with van der Waals surface area (Å²) in [6, 6.07) is 11.9. The molecule has 4 rings (SSSR count). The van der Waals surface area contributed by atoms with Gasteiger partial charge in [-0.05, 0) is 25.1 Å². The highest BCUT2D eigenvalue weighted by Gasteiger charge is 2.39. The largest absolute Gasteiger partial charge is 0.397 e. The van der Waals surface area contributed by atoms with Gasteiger partial charge in [0.2, 0.25) is 0 Å². The normalized spacial score (nSPS) is 13.4. The number of rotatable bonds is 4. The molecule has 0 fully saturated rings. The van der Waals surface area contributed by atoms with Crippen molar-refractivity contribution in [1.82, 2.24) is 0 Å². The highest BCUT2D eigenvalue weighted by molar-refractivity contribution is 7.87. The van der Waals surface area contributed by atoms with Crippen LogP contribution in [0.1, 0.15) is 37.4 Å². The van der Waals surface area contributed by atoms with E-state index in [2.05, 4.69) is 0 Å². The molecule has 1 aliphatic rings. The monoisotopic (exact) mass is 488 g/mol. The third kappa shape index (κ3) is 3.68. The molecule has 0 unspecified atom stereocenters. The first-order valence-electron chi connectivity index (χ1n) is 9.29. The summed E-state index contributed by atoms with van der Waals surface area (Å²) in [5.41, 5.74) is 3.84. The smallest absolute Gasteiger partial charge is 0.364 e. The Balaban J connectivity index is 2.18. The van der Waals surface area contributed by atoms with Crippen molar-refractivity contribution in [3.8, 4) is 0 Å².